The Bertz CT molecular complexity index is 383. The molecule has 2 atom stereocenters. The molecule has 0 radical (unpaired) electrons. The van der Waals surface area contributed by atoms with Crippen molar-refractivity contribution in [3.05, 3.63) is 0 Å². The van der Waals surface area contributed by atoms with E-state index in [2.05, 4.69) is 6.92 Å². The van der Waals surface area contributed by atoms with Gasteiger partial charge in [0.05, 0.1) is 12.3 Å². The summed E-state index contributed by atoms with van der Waals surface area (Å²) in [5.41, 5.74) is 0. The van der Waals surface area contributed by atoms with Gasteiger partial charge in [-0.25, -0.2) is 0 Å². The lowest BCUT2D eigenvalue weighted by Crippen LogP contribution is -2.38. The van der Waals surface area contributed by atoms with E-state index in [0.29, 0.717) is 6.54 Å². The molecule has 0 aliphatic carbocycles. The Morgan fingerprint density at radius 3 is 2.70 bits per heavy atom. The zero-order valence-electron chi connectivity index (χ0n) is 12.5. The van der Waals surface area contributed by atoms with Gasteiger partial charge in [0.15, 0.2) is 0 Å². The molecule has 0 aromatic heterocycles. The summed E-state index contributed by atoms with van der Waals surface area (Å²) in [6, 6.07) is 0.162. The van der Waals surface area contributed by atoms with Crippen molar-refractivity contribution in [2.24, 2.45) is 5.92 Å². The smallest absolute Gasteiger partial charge is 0.305 e. The number of hydrogen-bond donors (Lipinski definition) is 1. The van der Waals surface area contributed by atoms with E-state index in [9.17, 15) is 14.4 Å². The molecular formula is C14H24N2O4. The summed E-state index contributed by atoms with van der Waals surface area (Å²) in [7, 11) is 1.59. The van der Waals surface area contributed by atoms with Gasteiger partial charge in [-0.2, -0.15) is 0 Å². The molecule has 1 rings (SSSR count). The number of carboxylic acid groups (broad SMARTS) is 1. The van der Waals surface area contributed by atoms with Crippen molar-refractivity contribution in [2.45, 2.75) is 45.6 Å². The lowest BCUT2D eigenvalue weighted by molar-refractivity contribution is -0.139. The van der Waals surface area contributed by atoms with Crippen molar-refractivity contribution in [3.63, 3.8) is 0 Å². The van der Waals surface area contributed by atoms with Crippen LogP contribution in [0.25, 0.3) is 0 Å². The highest BCUT2D eigenvalue weighted by Crippen LogP contribution is 2.23. The third kappa shape index (κ3) is 4.21. The minimum Gasteiger partial charge on any atom is -0.481 e. The third-order valence-electron chi connectivity index (χ3n) is 3.78. The number of likely N-dealkylation sites (tertiary alicyclic amines) is 1. The molecule has 1 heterocycles. The Morgan fingerprint density at radius 1 is 1.50 bits per heavy atom. The average molecular weight is 284 g/mol. The summed E-state index contributed by atoms with van der Waals surface area (Å²) in [4.78, 5) is 37.8. The number of amides is 2. The summed E-state index contributed by atoms with van der Waals surface area (Å²) in [5, 5.41) is 8.63. The second-order valence-corrected chi connectivity index (χ2v) is 5.49. The van der Waals surface area contributed by atoms with Crippen LogP contribution in [0.15, 0.2) is 0 Å². The summed E-state index contributed by atoms with van der Waals surface area (Å²) in [5.74, 6) is -1.37. The monoisotopic (exact) mass is 284 g/mol. The van der Waals surface area contributed by atoms with Crippen molar-refractivity contribution in [2.75, 3.05) is 20.1 Å². The van der Waals surface area contributed by atoms with Crippen LogP contribution in [-0.2, 0) is 14.4 Å². The number of hydrogen-bond acceptors (Lipinski definition) is 3. The number of carbonyl (C=O) groups is 3. The molecule has 0 aromatic rings. The van der Waals surface area contributed by atoms with Gasteiger partial charge in [0.25, 0.3) is 0 Å². The molecule has 1 saturated heterocycles. The first-order chi connectivity index (χ1) is 9.36. The van der Waals surface area contributed by atoms with Crippen LogP contribution in [0, 0.1) is 5.92 Å². The molecule has 0 bridgehead atoms. The topological polar surface area (TPSA) is 77.9 Å². The fourth-order valence-corrected chi connectivity index (χ4v) is 2.58. The third-order valence-corrected chi connectivity index (χ3v) is 3.78. The highest BCUT2D eigenvalue weighted by atomic mass is 16.4. The van der Waals surface area contributed by atoms with Gasteiger partial charge in [-0.15, -0.1) is 0 Å². The van der Waals surface area contributed by atoms with Crippen LogP contribution in [0.1, 0.15) is 39.5 Å². The van der Waals surface area contributed by atoms with Gasteiger partial charge in [0.1, 0.15) is 0 Å². The maximum absolute atomic E-state index is 12.2. The van der Waals surface area contributed by atoms with E-state index >= 15 is 0 Å². The first-order valence-electron chi connectivity index (χ1n) is 7.13. The van der Waals surface area contributed by atoms with Gasteiger partial charge in [-0.05, 0) is 13.3 Å². The van der Waals surface area contributed by atoms with Gasteiger partial charge in [-0.3, -0.25) is 14.4 Å². The summed E-state index contributed by atoms with van der Waals surface area (Å²) >= 11 is 0. The molecule has 0 unspecified atom stereocenters. The quantitative estimate of drug-likeness (QED) is 0.755. The van der Waals surface area contributed by atoms with Gasteiger partial charge in [0, 0.05) is 32.6 Å². The van der Waals surface area contributed by atoms with Crippen LogP contribution in [0.5, 0.6) is 0 Å². The minimum absolute atomic E-state index is 0.0240. The molecule has 1 N–H and O–H groups in total. The van der Waals surface area contributed by atoms with Crippen LogP contribution in [0.4, 0.5) is 0 Å². The Kier molecular flexibility index (Phi) is 5.98. The van der Waals surface area contributed by atoms with Crippen LogP contribution < -0.4 is 0 Å². The molecule has 1 aliphatic heterocycles. The lowest BCUT2D eigenvalue weighted by Gasteiger charge is -2.25. The van der Waals surface area contributed by atoms with Crippen molar-refractivity contribution < 1.29 is 19.5 Å². The predicted molar refractivity (Wildman–Crippen MR) is 74.1 cm³/mol. The van der Waals surface area contributed by atoms with E-state index in [4.69, 9.17) is 5.11 Å². The second kappa shape index (κ2) is 7.26. The highest BCUT2D eigenvalue weighted by molar-refractivity contribution is 5.89. The average Bonchev–Trinajstić information content (AvgIpc) is 2.77. The van der Waals surface area contributed by atoms with Crippen molar-refractivity contribution >= 4 is 17.8 Å². The lowest BCUT2D eigenvalue weighted by atomic mass is 10.1. The van der Waals surface area contributed by atoms with Crippen molar-refractivity contribution in [3.8, 4) is 0 Å². The van der Waals surface area contributed by atoms with E-state index in [1.807, 2.05) is 6.92 Å². The zero-order valence-corrected chi connectivity index (χ0v) is 12.5. The number of carbonyl (C=O) groups excluding carboxylic acids is 2. The maximum Gasteiger partial charge on any atom is 0.305 e. The fraction of sp³-hybridized carbons (Fsp3) is 0.786. The summed E-state index contributed by atoms with van der Waals surface area (Å²) < 4.78 is 0. The van der Waals surface area contributed by atoms with E-state index in [0.717, 1.165) is 12.8 Å². The van der Waals surface area contributed by atoms with E-state index in [1.165, 1.54) is 4.90 Å². The zero-order chi connectivity index (χ0) is 15.3. The molecular weight excluding hydrogens is 260 g/mol. The van der Waals surface area contributed by atoms with Crippen molar-refractivity contribution in [1.29, 1.82) is 0 Å². The van der Waals surface area contributed by atoms with Crippen LogP contribution >= 0.6 is 0 Å². The molecule has 20 heavy (non-hydrogen) atoms. The van der Waals surface area contributed by atoms with Gasteiger partial charge in [0.2, 0.25) is 11.8 Å². The molecule has 114 valence electrons. The minimum atomic E-state index is -0.926. The van der Waals surface area contributed by atoms with Gasteiger partial charge < -0.3 is 14.9 Å². The SMILES string of the molecule is CCC[C@H](C)N1C[C@H](C(=O)N(C)CCC(=O)O)CC1=O. The van der Waals surface area contributed by atoms with Crippen molar-refractivity contribution in [1.82, 2.24) is 9.80 Å². The van der Waals surface area contributed by atoms with E-state index < -0.39 is 5.97 Å². The number of aliphatic carboxylic acids is 1. The Labute approximate surface area is 119 Å². The standard InChI is InChI=1S/C14H24N2O4/c1-4-5-10(2)16-9-11(8-12(16)17)14(20)15(3)7-6-13(18)19/h10-11H,4-9H2,1-3H3,(H,18,19)/t10-,11+/m0/s1. The van der Waals surface area contributed by atoms with Gasteiger partial charge in [-0.1, -0.05) is 13.3 Å². The summed E-state index contributed by atoms with van der Waals surface area (Å²) in [6.45, 7) is 4.71. The van der Waals surface area contributed by atoms with E-state index in [-0.39, 0.29) is 43.2 Å². The Morgan fingerprint density at radius 2 is 2.15 bits per heavy atom. The number of carboxylic acids is 1. The first kappa shape index (κ1) is 16.5. The molecule has 1 fully saturated rings. The summed E-state index contributed by atoms with van der Waals surface area (Å²) in [6.07, 6.45) is 2.10. The normalized spacial score (nSPS) is 20.1. The Hall–Kier alpha value is -1.59. The largest absolute Gasteiger partial charge is 0.481 e. The predicted octanol–water partition coefficient (Wildman–Crippen LogP) is 0.957. The fourth-order valence-electron chi connectivity index (χ4n) is 2.58. The molecule has 2 amide bonds. The van der Waals surface area contributed by atoms with Crippen LogP contribution in [-0.4, -0.2) is 58.9 Å². The van der Waals surface area contributed by atoms with Gasteiger partial charge >= 0.3 is 5.97 Å². The molecule has 0 aromatic carbocycles. The molecule has 0 spiro atoms. The molecule has 0 saturated carbocycles. The number of rotatable bonds is 7. The van der Waals surface area contributed by atoms with Crippen LogP contribution in [0.2, 0.25) is 0 Å². The molecule has 1 aliphatic rings. The highest BCUT2D eigenvalue weighted by Gasteiger charge is 2.37. The maximum atomic E-state index is 12.2. The van der Waals surface area contributed by atoms with Crippen LogP contribution in [0.3, 0.4) is 0 Å². The molecule has 6 heteroatoms. The van der Waals surface area contributed by atoms with E-state index in [1.54, 1.807) is 11.9 Å². The Balaban J connectivity index is 2.54. The first-order valence-corrected chi connectivity index (χ1v) is 7.13. The second-order valence-electron chi connectivity index (χ2n) is 5.49. The number of nitrogens with zero attached hydrogens (tertiary/aromatic N) is 2. The molecule has 6 nitrogen and oxygen atoms in total.